The molecule has 2 aromatic rings. The van der Waals surface area contributed by atoms with Gasteiger partial charge in [-0.15, -0.1) is 0 Å². The summed E-state index contributed by atoms with van der Waals surface area (Å²) in [6.07, 6.45) is -0.821. The number of carboxylic acid groups (broad SMARTS) is 1. The second kappa shape index (κ2) is 8.06. The SMILES string of the molecule is O=C(O)[C@H](CCOc1ccccc1)Oc1ccc(Br)cc1Cl. The highest BCUT2D eigenvalue weighted by molar-refractivity contribution is 9.10. The fourth-order valence-electron chi connectivity index (χ4n) is 1.76. The van der Waals surface area contributed by atoms with Crippen molar-refractivity contribution in [2.45, 2.75) is 12.5 Å². The van der Waals surface area contributed by atoms with E-state index in [1.807, 2.05) is 30.3 Å². The molecule has 22 heavy (non-hydrogen) atoms. The van der Waals surface area contributed by atoms with Gasteiger partial charge in [-0.3, -0.25) is 0 Å². The van der Waals surface area contributed by atoms with Crippen LogP contribution in [0.3, 0.4) is 0 Å². The average Bonchev–Trinajstić information content (AvgIpc) is 2.49. The fraction of sp³-hybridized carbons (Fsp3) is 0.188. The van der Waals surface area contributed by atoms with Gasteiger partial charge in [0.05, 0.1) is 11.6 Å². The lowest BCUT2D eigenvalue weighted by molar-refractivity contribution is -0.145. The van der Waals surface area contributed by atoms with Gasteiger partial charge in [0.25, 0.3) is 0 Å². The lowest BCUT2D eigenvalue weighted by atomic mass is 10.2. The topological polar surface area (TPSA) is 55.8 Å². The van der Waals surface area contributed by atoms with E-state index < -0.39 is 12.1 Å². The Labute approximate surface area is 141 Å². The van der Waals surface area contributed by atoms with Crippen molar-refractivity contribution in [1.29, 1.82) is 0 Å². The predicted octanol–water partition coefficient (Wildman–Crippen LogP) is 4.40. The predicted molar refractivity (Wildman–Crippen MR) is 87.8 cm³/mol. The molecule has 0 unspecified atom stereocenters. The van der Waals surface area contributed by atoms with E-state index in [0.29, 0.717) is 16.5 Å². The normalized spacial score (nSPS) is 11.7. The molecule has 0 spiro atoms. The molecule has 4 nitrogen and oxygen atoms in total. The van der Waals surface area contributed by atoms with Gasteiger partial charge in [-0.2, -0.15) is 0 Å². The molecule has 0 heterocycles. The third-order valence-corrected chi connectivity index (χ3v) is 3.62. The number of benzene rings is 2. The van der Waals surface area contributed by atoms with E-state index in [-0.39, 0.29) is 13.0 Å². The summed E-state index contributed by atoms with van der Waals surface area (Å²) in [4.78, 5) is 11.3. The van der Waals surface area contributed by atoms with Crippen LogP contribution >= 0.6 is 27.5 Å². The molecule has 0 bridgehead atoms. The van der Waals surface area contributed by atoms with E-state index in [0.717, 1.165) is 4.47 Å². The van der Waals surface area contributed by atoms with Crippen LogP contribution in [-0.2, 0) is 4.79 Å². The van der Waals surface area contributed by atoms with Crippen LogP contribution in [0.1, 0.15) is 6.42 Å². The van der Waals surface area contributed by atoms with Gasteiger partial charge >= 0.3 is 5.97 Å². The first-order valence-corrected chi connectivity index (χ1v) is 7.75. The number of ether oxygens (including phenoxy) is 2. The Bertz CT molecular complexity index is 633. The molecule has 116 valence electrons. The van der Waals surface area contributed by atoms with Crippen LogP contribution in [0.2, 0.25) is 5.02 Å². The lowest BCUT2D eigenvalue weighted by Gasteiger charge is -2.16. The number of hydrogen-bond acceptors (Lipinski definition) is 3. The van der Waals surface area contributed by atoms with Crippen molar-refractivity contribution in [2.75, 3.05) is 6.61 Å². The summed E-state index contributed by atoms with van der Waals surface area (Å²) >= 11 is 9.31. The zero-order valence-corrected chi connectivity index (χ0v) is 13.9. The Morgan fingerprint density at radius 3 is 2.59 bits per heavy atom. The van der Waals surface area contributed by atoms with Crippen molar-refractivity contribution in [1.82, 2.24) is 0 Å². The number of hydrogen-bond donors (Lipinski definition) is 1. The van der Waals surface area contributed by atoms with E-state index in [1.54, 1.807) is 18.2 Å². The quantitative estimate of drug-likeness (QED) is 0.767. The number of carbonyl (C=O) groups is 1. The number of halogens is 2. The van der Waals surface area contributed by atoms with Crippen LogP contribution in [0.25, 0.3) is 0 Å². The van der Waals surface area contributed by atoms with Crippen LogP contribution < -0.4 is 9.47 Å². The summed E-state index contributed by atoms with van der Waals surface area (Å²) < 4.78 is 11.8. The van der Waals surface area contributed by atoms with Gasteiger partial charge < -0.3 is 14.6 Å². The maximum atomic E-state index is 11.3. The van der Waals surface area contributed by atoms with E-state index >= 15 is 0 Å². The molecule has 0 amide bonds. The Morgan fingerprint density at radius 1 is 1.23 bits per heavy atom. The first kappa shape index (κ1) is 16.6. The summed E-state index contributed by atoms with van der Waals surface area (Å²) in [5.41, 5.74) is 0. The number of para-hydroxylation sites is 1. The monoisotopic (exact) mass is 384 g/mol. The molecule has 0 saturated carbocycles. The van der Waals surface area contributed by atoms with E-state index in [1.165, 1.54) is 0 Å². The Balaban J connectivity index is 1.94. The highest BCUT2D eigenvalue weighted by Crippen LogP contribution is 2.29. The van der Waals surface area contributed by atoms with Gasteiger partial charge in [0.1, 0.15) is 11.5 Å². The molecule has 0 aliphatic carbocycles. The number of aliphatic carboxylic acids is 1. The van der Waals surface area contributed by atoms with Crippen LogP contribution in [0, 0.1) is 0 Å². The second-order valence-electron chi connectivity index (χ2n) is 4.47. The third-order valence-electron chi connectivity index (χ3n) is 2.83. The summed E-state index contributed by atoms with van der Waals surface area (Å²) in [7, 11) is 0. The fourth-order valence-corrected chi connectivity index (χ4v) is 2.48. The van der Waals surface area contributed by atoms with Gasteiger partial charge in [-0.1, -0.05) is 45.7 Å². The first-order valence-electron chi connectivity index (χ1n) is 6.58. The van der Waals surface area contributed by atoms with Crippen LogP contribution in [0.15, 0.2) is 53.0 Å². The van der Waals surface area contributed by atoms with E-state index in [4.69, 9.17) is 21.1 Å². The molecule has 2 aromatic carbocycles. The smallest absolute Gasteiger partial charge is 0.345 e. The molecule has 1 N–H and O–H groups in total. The number of carboxylic acids is 1. The summed E-state index contributed by atoms with van der Waals surface area (Å²) in [6, 6.07) is 14.2. The van der Waals surface area contributed by atoms with Crippen molar-refractivity contribution in [3.8, 4) is 11.5 Å². The van der Waals surface area contributed by atoms with Crippen molar-refractivity contribution < 1.29 is 19.4 Å². The number of rotatable bonds is 7. The maximum Gasteiger partial charge on any atom is 0.345 e. The van der Waals surface area contributed by atoms with Gasteiger partial charge in [0, 0.05) is 10.9 Å². The minimum absolute atomic E-state index is 0.205. The minimum Gasteiger partial charge on any atom is -0.493 e. The third kappa shape index (κ3) is 4.93. The molecule has 2 rings (SSSR count). The van der Waals surface area contributed by atoms with Crippen LogP contribution in [0.4, 0.5) is 0 Å². The summed E-state index contributed by atoms with van der Waals surface area (Å²) in [6.45, 7) is 0.231. The zero-order valence-electron chi connectivity index (χ0n) is 11.5. The van der Waals surface area contributed by atoms with Gasteiger partial charge in [-0.05, 0) is 30.3 Å². The van der Waals surface area contributed by atoms with Gasteiger partial charge in [-0.25, -0.2) is 4.79 Å². The molecular formula is C16H14BrClO4. The highest BCUT2D eigenvalue weighted by atomic mass is 79.9. The molecule has 0 saturated heterocycles. The van der Waals surface area contributed by atoms with Crippen molar-refractivity contribution in [2.24, 2.45) is 0 Å². The van der Waals surface area contributed by atoms with Crippen molar-refractivity contribution in [3.63, 3.8) is 0 Å². The minimum atomic E-state index is -1.06. The second-order valence-corrected chi connectivity index (χ2v) is 5.79. The molecule has 6 heteroatoms. The van der Waals surface area contributed by atoms with Gasteiger partial charge in [0.15, 0.2) is 6.10 Å². The molecular weight excluding hydrogens is 372 g/mol. The van der Waals surface area contributed by atoms with Gasteiger partial charge in [0.2, 0.25) is 0 Å². The molecule has 0 radical (unpaired) electrons. The highest BCUT2D eigenvalue weighted by Gasteiger charge is 2.20. The van der Waals surface area contributed by atoms with Crippen LogP contribution in [-0.4, -0.2) is 23.8 Å². The molecule has 0 aromatic heterocycles. The summed E-state index contributed by atoms with van der Waals surface area (Å²) in [5.74, 6) is -0.0408. The Hall–Kier alpha value is -1.72. The van der Waals surface area contributed by atoms with Crippen LogP contribution in [0.5, 0.6) is 11.5 Å². The first-order chi connectivity index (χ1) is 10.6. The van der Waals surface area contributed by atoms with Crippen molar-refractivity contribution in [3.05, 3.63) is 58.0 Å². The zero-order chi connectivity index (χ0) is 15.9. The molecule has 0 aliphatic rings. The van der Waals surface area contributed by atoms with Crippen molar-refractivity contribution >= 4 is 33.5 Å². The summed E-state index contributed by atoms with van der Waals surface area (Å²) in [5, 5.41) is 9.60. The maximum absolute atomic E-state index is 11.3. The van der Waals surface area contributed by atoms with E-state index in [9.17, 15) is 9.90 Å². The lowest BCUT2D eigenvalue weighted by Crippen LogP contribution is -2.29. The average molecular weight is 386 g/mol. The Morgan fingerprint density at radius 2 is 1.95 bits per heavy atom. The molecule has 0 aliphatic heterocycles. The largest absolute Gasteiger partial charge is 0.493 e. The Kier molecular flexibility index (Phi) is 6.10. The standard InChI is InChI=1S/C16H14BrClO4/c17-11-6-7-14(13(18)10-11)22-15(16(19)20)8-9-21-12-4-2-1-3-5-12/h1-7,10,15H,8-9H2,(H,19,20)/t15-/m0/s1. The molecule has 1 atom stereocenters. The van der Waals surface area contributed by atoms with E-state index in [2.05, 4.69) is 15.9 Å². The molecule has 0 fully saturated rings.